The Morgan fingerprint density at radius 2 is 1.64 bits per heavy atom. The maximum absolute atomic E-state index is 12.8. The van der Waals surface area contributed by atoms with Crippen molar-refractivity contribution in [1.29, 1.82) is 0 Å². The fourth-order valence-electron chi connectivity index (χ4n) is 1.80. The second kappa shape index (κ2) is 5.81. The third-order valence-corrected chi connectivity index (χ3v) is 5.28. The van der Waals surface area contributed by atoms with Gasteiger partial charge in [-0.1, -0.05) is 29.8 Å². The molecule has 0 aliphatic rings. The van der Waals surface area contributed by atoms with E-state index in [9.17, 15) is 21.6 Å². The summed E-state index contributed by atoms with van der Waals surface area (Å²) in [6.45, 7) is 0. The van der Waals surface area contributed by atoms with Crippen molar-refractivity contribution in [3.8, 4) is 0 Å². The highest BCUT2D eigenvalue weighted by Gasteiger charge is 2.33. The summed E-state index contributed by atoms with van der Waals surface area (Å²) in [5.41, 5.74) is -0.757. The summed E-state index contributed by atoms with van der Waals surface area (Å²) in [4.78, 5) is -0.588. The number of hydrogen-bond acceptors (Lipinski definition) is 2. The fraction of sp³-hybridized carbons (Fsp3) is 0.143. The molecule has 2 aromatic carbocycles. The first-order chi connectivity index (χ1) is 10.1. The number of benzene rings is 2. The zero-order valence-electron chi connectivity index (χ0n) is 11.3. The molecule has 2 rings (SSSR count). The molecule has 0 heterocycles. The van der Waals surface area contributed by atoms with E-state index in [-0.39, 0.29) is 5.02 Å². The molecule has 3 nitrogen and oxygen atoms in total. The van der Waals surface area contributed by atoms with Crippen LogP contribution in [0.2, 0.25) is 5.02 Å². The first-order valence-electron chi connectivity index (χ1n) is 6.05. The summed E-state index contributed by atoms with van der Waals surface area (Å²) in [6, 6.07) is 10.2. The van der Waals surface area contributed by atoms with Gasteiger partial charge in [0.05, 0.1) is 16.3 Å². The average molecular weight is 350 g/mol. The minimum absolute atomic E-state index is 0.268. The van der Waals surface area contributed by atoms with E-state index in [4.69, 9.17) is 11.6 Å². The summed E-state index contributed by atoms with van der Waals surface area (Å²) in [7, 11) is -2.95. The molecular weight excluding hydrogens is 339 g/mol. The van der Waals surface area contributed by atoms with Gasteiger partial charge in [0.1, 0.15) is 4.90 Å². The Hall–Kier alpha value is -1.73. The van der Waals surface area contributed by atoms with Gasteiger partial charge in [0.2, 0.25) is 0 Å². The molecule has 118 valence electrons. The van der Waals surface area contributed by atoms with Gasteiger partial charge < -0.3 is 0 Å². The number of alkyl halides is 3. The third kappa shape index (κ3) is 3.20. The Labute approximate surface area is 131 Å². The molecule has 0 unspecified atom stereocenters. The lowest BCUT2D eigenvalue weighted by Crippen LogP contribution is -2.27. The smallest absolute Gasteiger partial charge is 0.269 e. The van der Waals surface area contributed by atoms with Gasteiger partial charge in [0, 0.05) is 7.05 Å². The van der Waals surface area contributed by atoms with Crippen LogP contribution < -0.4 is 4.31 Å². The minimum Gasteiger partial charge on any atom is -0.269 e. The first-order valence-corrected chi connectivity index (χ1v) is 7.86. The lowest BCUT2D eigenvalue weighted by molar-refractivity contribution is -0.137. The molecule has 0 saturated carbocycles. The van der Waals surface area contributed by atoms with Crippen LogP contribution in [0, 0.1) is 0 Å². The molecule has 0 N–H and O–H groups in total. The Kier molecular flexibility index (Phi) is 4.39. The van der Waals surface area contributed by atoms with Crippen molar-refractivity contribution in [1.82, 2.24) is 0 Å². The van der Waals surface area contributed by atoms with E-state index in [1.807, 2.05) is 0 Å². The van der Waals surface area contributed by atoms with E-state index in [2.05, 4.69) is 0 Å². The Bertz CT molecular complexity index is 776. The van der Waals surface area contributed by atoms with Crippen molar-refractivity contribution in [2.75, 3.05) is 11.4 Å². The van der Waals surface area contributed by atoms with Gasteiger partial charge in [0.15, 0.2) is 0 Å². The molecule has 0 fully saturated rings. The Morgan fingerprint density at radius 1 is 1.05 bits per heavy atom. The van der Waals surface area contributed by atoms with Crippen LogP contribution in [-0.4, -0.2) is 15.5 Å². The summed E-state index contributed by atoms with van der Waals surface area (Å²) < 4.78 is 64.2. The highest BCUT2D eigenvalue weighted by Crippen LogP contribution is 2.34. The maximum atomic E-state index is 12.8. The van der Waals surface area contributed by atoms with Gasteiger partial charge in [0.25, 0.3) is 10.0 Å². The quantitative estimate of drug-likeness (QED) is 0.833. The molecule has 0 saturated heterocycles. The second-order valence-electron chi connectivity index (χ2n) is 4.45. The Balaban J connectivity index is 2.54. The van der Waals surface area contributed by atoms with E-state index in [1.165, 1.54) is 19.2 Å². The number of sulfonamides is 1. The summed E-state index contributed by atoms with van der Waals surface area (Å²) in [6.07, 6.45) is -4.65. The number of nitrogens with zero attached hydrogens (tertiary/aromatic N) is 1. The van der Waals surface area contributed by atoms with Gasteiger partial charge >= 0.3 is 6.18 Å². The molecule has 0 atom stereocenters. The normalized spacial score (nSPS) is 12.2. The van der Waals surface area contributed by atoms with E-state index >= 15 is 0 Å². The number of para-hydroxylation sites is 1. The lowest BCUT2D eigenvalue weighted by atomic mass is 10.2. The predicted molar refractivity (Wildman–Crippen MR) is 78.5 cm³/mol. The van der Waals surface area contributed by atoms with Crippen LogP contribution in [0.25, 0.3) is 0 Å². The average Bonchev–Trinajstić information content (AvgIpc) is 2.46. The van der Waals surface area contributed by atoms with E-state index in [0.29, 0.717) is 11.8 Å². The number of rotatable bonds is 3. The molecule has 0 amide bonds. The van der Waals surface area contributed by atoms with Crippen LogP contribution in [0.4, 0.5) is 18.9 Å². The van der Waals surface area contributed by atoms with Crippen LogP contribution in [-0.2, 0) is 16.2 Å². The van der Waals surface area contributed by atoms with Crippen molar-refractivity contribution < 1.29 is 21.6 Å². The van der Waals surface area contributed by atoms with Gasteiger partial charge in [-0.3, -0.25) is 4.31 Å². The Morgan fingerprint density at radius 3 is 2.18 bits per heavy atom. The zero-order chi connectivity index (χ0) is 16.5. The molecule has 0 bridgehead atoms. The molecule has 0 radical (unpaired) electrons. The molecule has 0 aliphatic heterocycles. The van der Waals surface area contributed by atoms with E-state index in [1.54, 1.807) is 18.2 Å². The molecule has 2 aromatic rings. The van der Waals surface area contributed by atoms with Crippen LogP contribution >= 0.6 is 11.6 Å². The first kappa shape index (κ1) is 16.6. The molecule has 0 aromatic heterocycles. The number of anilines is 1. The van der Waals surface area contributed by atoms with Crippen molar-refractivity contribution in [2.24, 2.45) is 0 Å². The highest BCUT2D eigenvalue weighted by molar-refractivity contribution is 7.93. The van der Waals surface area contributed by atoms with Crippen molar-refractivity contribution >= 4 is 27.3 Å². The van der Waals surface area contributed by atoms with Crippen LogP contribution in [0.15, 0.2) is 53.4 Å². The number of hydrogen-bond donors (Lipinski definition) is 0. The lowest BCUT2D eigenvalue weighted by Gasteiger charge is -2.20. The topological polar surface area (TPSA) is 37.4 Å². The molecule has 22 heavy (non-hydrogen) atoms. The minimum atomic E-state index is -4.65. The van der Waals surface area contributed by atoms with Gasteiger partial charge in [-0.05, 0) is 30.3 Å². The predicted octanol–water partition coefficient (Wildman–Crippen LogP) is 4.18. The molecule has 0 spiro atoms. The monoisotopic (exact) mass is 349 g/mol. The maximum Gasteiger partial charge on any atom is 0.416 e. The van der Waals surface area contributed by atoms with E-state index < -0.39 is 26.7 Å². The molecule has 0 aliphatic carbocycles. The highest BCUT2D eigenvalue weighted by atomic mass is 35.5. The molecular formula is C14H11ClF3NO2S. The molecule has 8 heteroatoms. The second-order valence-corrected chi connectivity index (χ2v) is 6.80. The van der Waals surface area contributed by atoms with Gasteiger partial charge in [-0.2, -0.15) is 13.2 Å². The summed E-state index contributed by atoms with van der Waals surface area (Å²) >= 11 is 5.79. The standard InChI is InChI=1S/C14H11ClF3NO2S/c1-19(11-5-3-2-4-6-11)22(20,21)13-9-10(14(16,17)18)7-8-12(13)15/h2-9H,1H3. The SMILES string of the molecule is CN(c1ccccc1)S(=O)(=O)c1cc(C(F)(F)F)ccc1Cl. The van der Waals surface area contributed by atoms with Crippen LogP contribution in [0.3, 0.4) is 0 Å². The largest absolute Gasteiger partial charge is 0.416 e. The third-order valence-electron chi connectivity index (χ3n) is 3.02. The number of halogens is 4. The zero-order valence-corrected chi connectivity index (χ0v) is 12.9. The van der Waals surface area contributed by atoms with Gasteiger partial charge in [-0.25, -0.2) is 8.42 Å². The fourth-order valence-corrected chi connectivity index (χ4v) is 3.50. The van der Waals surface area contributed by atoms with Crippen molar-refractivity contribution in [3.05, 3.63) is 59.1 Å². The van der Waals surface area contributed by atoms with Crippen LogP contribution in [0.5, 0.6) is 0 Å². The summed E-state index contributed by atoms with van der Waals surface area (Å²) in [5.74, 6) is 0. The van der Waals surface area contributed by atoms with Crippen molar-refractivity contribution in [2.45, 2.75) is 11.1 Å². The van der Waals surface area contributed by atoms with Crippen LogP contribution in [0.1, 0.15) is 5.56 Å². The van der Waals surface area contributed by atoms with E-state index in [0.717, 1.165) is 16.4 Å². The van der Waals surface area contributed by atoms with Crippen molar-refractivity contribution in [3.63, 3.8) is 0 Å². The van der Waals surface area contributed by atoms with Gasteiger partial charge in [-0.15, -0.1) is 0 Å². The summed E-state index contributed by atoms with van der Waals surface area (Å²) in [5, 5.41) is -0.268.